The number of aromatic nitrogens is 2. The fourth-order valence-electron chi connectivity index (χ4n) is 2.59. The second kappa shape index (κ2) is 7.46. The van der Waals surface area contributed by atoms with Gasteiger partial charge in [0.15, 0.2) is 0 Å². The number of hydrogen-bond donors (Lipinski definition) is 1. The predicted molar refractivity (Wildman–Crippen MR) is 91.1 cm³/mol. The third-order valence-corrected chi connectivity index (χ3v) is 3.85. The quantitative estimate of drug-likeness (QED) is 0.720. The first-order valence-electron chi connectivity index (χ1n) is 7.74. The van der Waals surface area contributed by atoms with Gasteiger partial charge in [-0.05, 0) is 24.0 Å². The Morgan fingerprint density at radius 2 is 1.27 bits per heavy atom. The largest absolute Gasteiger partial charge is 0.356 e. The molecule has 0 radical (unpaired) electrons. The van der Waals surface area contributed by atoms with Crippen LogP contribution in [0.1, 0.15) is 11.1 Å². The van der Waals surface area contributed by atoms with Gasteiger partial charge in [-0.15, -0.1) is 0 Å². The van der Waals surface area contributed by atoms with Crippen molar-refractivity contribution < 1.29 is 0 Å². The molecule has 112 valence electrons. The zero-order valence-corrected chi connectivity index (χ0v) is 12.7. The van der Waals surface area contributed by atoms with Crippen molar-refractivity contribution in [3.05, 3.63) is 84.1 Å². The average Bonchev–Trinajstić information content (AvgIpc) is 3.11. The van der Waals surface area contributed by atoms with Gasteiger partial charge in [-0.2, -0.15) is 5.10 Å². The van der Waals surface area contributed by atoms with Crippen molar-refractivity contribution in [1.82, 2.24) is 10.2 Å². The van der Waals surface area contributed by atoms with Crippen LogP contribution in [0.25, 0.3) is 0 Å². The lowest BCUT2D eigenvalue weighted by Crippen LogP contribution is -2.28. The van der Waals surface area contributed by atoms with Crippen LogP contribution in [-0.2, 0) is 12.8 Å². The first kappa shape index (κ1) is 14.4. The highest BCUT2D eigenvalue weighted by Gasteiger charge is 2.08. The van der Waals surface area contributed by atoms with Gasteiger partial charge in [0.1, 0.15) is 5.82 Å². The molecule has 0 spiro atoms. The molecular weight excluding hydrogens is 270 g/mol. The maximum absolute atomic E-state index is 4.09. The Hall–Kier alpha value is -2.55. The SMILES string of the molecule is c1ccc(CCN(CCc2ccccc2)c2ccn[nH]2)cc1. The van der Waals surface area contributed by atoms with Gasteiger partial charge in [0.05, 0.1) is 6.20 Å². The first-order valence-corrected chi connectivity index (χ1v) is 7.74. The average molecular weight is 291 g/mol. The highest BCUT2D eigenvalue weighted by molar-refractivity contribution is 5.37. The minimum absolute atomic E-state index is 0.985. The normalized spacial score (nSPS) is 10.5. The molecule has 3 rings (SSSR count). The lowest BCUT2D eigenvalue weighted by Gasteiger charge is -2.23. The summed E-state index contributed by atoms with van der Waals surface area (Å²) >= 11 is 0. The summed E-state index contributed by atoms with van der Waals surface area (Å²) in [4.78, 5) is 2.37. The predicted octanol–water partition coefficient (Wildman–Crippen LogP) is 3.70. The zero-order chi connectivity index (χ0) is 15.0. The van der Waals surface area contributed by atoms with E-state index in [-0.39, 0.29) is 0 Å². The molecule has 1 aromatic heterocycles. The Kier molecular flexibility index (Phi) is 4.88. The van der Waals surface area contributed by atoms with Crippen LogP contribution < -0.4 is 4.90 Å². The number of anilines is 1. The molecule has 3 aromatic rings. The van der Waals surface area contributed by atoms with E-state index in [9.17, 15) is 0 Å². The van der Waals surface area contributed by atoms with E-state index >= 15 is 0 Å². The fraction of sp³-hybridized carbons (Fsp3) is 0.211. The van der Waals surface area contributed by atoms with Gasteiger partial charge in [0.25, 0.3) is 0 Å². The standard InChI is InChI=1S/C19H21N3/c1-3-7-17(8-4-1)12-15-22(19-11-14-20-21-19)16-13-18-9-5-2-6-10-18/h1-11,14H,12-13,15-16H2,(H,20,21). The molecule has 22 heavy (non-hydrogen) atoms. The summed E-state index contributed by atoms with van der Waals surface area (Å²) in [6.07, 6.45) is 3.89. The number of benzene rings is 2. The molecule has 0 aliphatic heterocycles. The first-order chi connectivity index (χ1) is 10.9. The third kappa shape index (κ3) is 3.98. The van der Waals surface area contributed by atoms with E-state index in [1.54, 1.807) is 0 Å². The van der Waals surface area contributed by atoms with Crippen LogP contribution in [0.4, 0.5) is 5.82 Å². The van der Waals surface area contributed by atoms with Crippen LogP contribution in [-0.4, -0.2) is 23.3 Å². The van der Waals surface area contributed by atoms with Crippen molar-refractivity contribution in [2.75, 3.05) is 18.0 Å². The van der Waals surface area contributed by atoms with E-state index in [0.717, 1.165) is 31.7 Å². The number of aromatic amines is 1. The summed E-state index contributed by atoms with van der Waals surface area (Å²) in [7, 11) is 0. The molecule has 0 unspecified atom stereocenters. The molecule has 3 nitrogen and oxygen atoms in total. The summed E-state index contributed by atoms with van der Waals surface area (Å²) in [6.45, 7) is 1.97. The van der Waals surface area contributed by atoms with Crippen molar-refractivity contribution in [3.63, 3.8) is 0 Å². The highest BCUT2D eigenvalue weighted by atomic mass is 15.3. The molecule has 0 amide bonds. The van der Waals surface area contributed by atoms with Crippen LogP contribution in [0.15, 0.2) is 72.9 Å². The lowest BCUT2D eigenvalue weighted by molar-refractivity contribution is 0.754. The molecule has 0 fully saturated rings. The molecule has 0 saturated carbocycles. The smallest absolute Gasteiger partial charge is 0.123 e. The Morgan fingerprint density at radius 1 is 0.727 bits per heavy atom. The third-order valence-electron chi connectivity index (χ3n) is 3.85. The lowest BCUT2D eigenvalue weighted by atomic mass is 10.1. The van der Waals surface area contributed by atoms with E-state index in [0.29, 0.717) is 0 Å². The van der Waals surface area contributed by atoms with E-state index in [4.69, 9.17) is 0 Å². The van der Waals surface area contributed by atoms with Gasteiger partial charge in [-0.3, -0.25) is 5.10 Å². The molecule has 2 aromatic carbocycles. The molecule has 3 heteroatoms. The Bertz CT molecular complexity index is 604. The number of H-pyrrole nitrogens is 1. The van der Waals surface area contributed by atoms with Crippen molar-refractivity contribution in [3.8, 4) is 0 Å². The van der Waals surface area contributed by atoms with E-state index in [1.165, 1.54) is 11.1 Å². The summed E-state index contributed by atoms with van der Waals surface area (Å²) < 4.78 is 0. The van der Waals surface area contributed by atoms with Gasteiger partial charge in [0.2, 0.25) is 0 Å². The number of hydrogen-bond acceptors (Lipinski definition) is 2. The molecule has 0 atom stereocenters. The molecule has 1 N–H and O–H groups in total. The highest BCUT2D eigenvalue weighted by Crippen LogP contribution is 2.12. The molecule has 1 heterocycles. The van der Waals surface area contributed by atoms with Gasteiger partial charge < -0.3 is 4.90 Å². The number of rotatable bonds is 7. The van der Waals surface area contributed by atoms with Gasteiger partial charge in [-0.1, -0.05) is 60.7 Å². The fourth-order valence-corrected chi connectivity index (χ4v) is 2.59. The second-order valence-electron chi connectivity index (χ2n) is 5.40. The van der Waals surface area contributed by atoms with Gasteiger partial charge in [0, 0.05) is 19.2 Å². The van der Waals surface area contributed by atoms with Crippen LogP contribution in [0, 0.1) is 0 Å². The van der Waals surface area contributed by atoms with Crippen molar-refractivity contribution >= 4 is 5.82 Å². The summed E-state index contributed by atoms with van der Waals surface area (Å²) in [5.74, 6) is 1.09. The second-order valence-corrected chi connectivity index (χ2v) is 5.40. The van der Waals surface area contributed by atoms with Gasteiger partial charge in [-0.25, -0.2) is 0 Å². The van der Waals surface area contributed by atoms with E-state index in [1.807, 2.05) is 12.3 Å². The van der Waals surface area contributed by atoms with Crippen LogP contribution >= 0.6 is 0 Å². The molecule has 0 aliphatic carbocycles. The molecule has 0 saturated heterocycles. The summed E-state index contributed by atoms with van der Waals surface area (Å²) in [5, 5.41) is 7.17. The van der Waals surface area contributed by atoms with Crippen LogP contribution in [0.3, 0.4) is 0 Å². The molecule has 0 bridgehead atoms. The molecular formula is C19H21N3. The van der Waals surface area contributed by atoms with E-state index in [2.05, 4.69) is 75.8 Å². The van der Waals surface area contributed by atoms with Crippen molar-refractivity contribution in [1.29, 1.82) is 0 Å². The summed E-state index contributed by atoms with van der Waals surface area (Å²) in [5.41, 5.74) is 2.73. The topological polar surface area (TPSA) is 31.9 Å². The maximum Gasteiger partial charge on any atom is 0.123 e. The van der Waals surface area contributed by atoms with Gasteiger partial charge >= 0.3 is 0 Å². The van der Waals surface area contributed by atoms with Crippen LogP contribution in [0.5, 0.6) is 0 Å². The number of nitrogens with one attached hydrogen (secondary N) is 1. The Morgan fingerprint density at radius 3 is 1.73 bits per heavy atom. The maximum atomic E-state index is 4.09. The molecule has 0 aliphatic rings. The summed E-state index contributed by atoms with van der Waals surface area (Å²) in [6, 6.07) is 23.3. The minimum Gasteiger partial charge on any atom is -0.356 e. The van der Waals surface area contributed by atoms with Crippen molar-refractivity contribution in [2.45, 2.75) is 12.8 Å². The monoisotopic (exact) mass is 291 g/mol. The zero-order valence-electron chi connectivity index (χ0n) is 12.7. The van der Waals surface area contributed by atoms with Crippen molar-refractivity contribution in [2.24, 2.45) is 0 Å². The Balaban J connectivity index is 1.63. The van der Waals surface area contributed by atoms with Crippen LogP contribution in [0.2, 0.25) is 0 Å². The number of nitrogens with zero attached hydrogens (tertiary/aromatic N) is 2. The minimum atomic E-state index is 0.985. The van der Waals surface area contributed by atoms with E-state index < -0.39 is 0 Å². The Labute approximate surface area is 131 Å².